The Kier molecular flexibility index (Phi) is 6.45. The minimum absolute atomic E-state index is 0.0140. The SMILES string of the molecule is COc1cc2c(cc1OC)[C@@H]1[C@H](C(=O)N3CCN(c4cc(C)ccc4C)CC3)c3ccccc3C(=O)N1CC2. The predicted octanol–water partition coefficient (Wildman–Crippen LogP) is 4.51. The van der Waals surface area contributed by atoms with Gasteiger partial charge in [0.05, 0.1) is 26.2 Å². The van der Waals surface area contributed by atoms with Crippen LogP contribution < -0.4 is 14.4 Å². The van der Waals surface area contributed by atoms with Gasteiger partial charge in [0, 0.05) is 44.0 Å². The molecular formula is C32H35N3O4. The maximum Gasteiger partial charge on any atom is 0.254 e. The molecule has 2 amide bonds. The van der Waals surface area contributed by atoms with Gasteiger partial charge in [-0.25, -0.2) is 0 Å². The van der Waals surface area contributed by atoms with E-state index in [1.54, 1.807) is 14.2 Å². The van der Waals surface area contributed by atoms with Crippen molar-refractivity contribution in [3.63, 3.8) is 0 Å². The van der Waals surface area contributed by atoms with Crippen molar-refractivity contribution in [3.8, 4) is 11.5 Å². The molecule has 3 aromatic rings. The van der Waals surface area contributed by atoms with Crippen molar-refractivity contribution in [3.05, 3.63) is 88.0 Å². The summed E-state index contributed by atoms with van der Waals surface area (Å²) in [5, 5.41) is 0. The number of piperazine rings is 1. The van der Waals surface area contributed by atoms with Gasteiger partial charge in [-0.3, -0.25) is 9.59 Å². The Morgan fingerprint density at radius 3 is 2.31 bits per heavy atom. The molecule has 0 bridgehead atoms. The second kappa shape index (κ2) is 9.95. The van der Waals surface area contributed by atoms with Crippen LogP contribution in [0, 0.1) is 13.8 Å². The Balaban J connectivity index is 1.36. The maximum atomic E-state index is 14.4. The average molecular weight is 526 g/mol. The van der Waals surface area contributed by atoms with Gasteiger partial charge in [0.25, 0.3) is 5.91 Å². The van der Waals surface area contributed by atoms with Crippen LogP contribution in [0.2, 0.25) is 0 Å². The fourth-order valence-corrected chi connectivity index (χ4v) is 6.54. The van der Waals surface area contributed by atoms with E-state index >= 15 is 0 Å². The highest BCUT2D eigenvalue weighted by molar-refractivity contribution is 6.01. The molecule has 0 radical (unpaired) electrons. The monoisotopic (exact) mass is 525 g/mol. The number of hydrogen-bond donors (Lipinski definition) is 0. The minimum Gasteiger partial charge on any atom is -0.493 e. The molecule has 6 rings (SSSR count). The van der Waals surface area contributed by atoms with Gasteiger partial charge in [-0.05, 0) is 72.4 Å². The number of hydrogen-bond acceptors (Lipinski definition) is 5. The fraction of sp³-hybridized carbons (Fsp3) is 0.375. The summed E-state index contributed by atoms with van der Waals surface area (Å²) >= 11 is 0. The van der Waals surface area contributed by atoms with Crippen LogP contribution in [0.4, 0.5) is 5.69 Å². The standard InChI is InChI=1S/C32H35N3O4/c1-20-9-10-21(2)26(17-20)33-13-15-34(16-14-33)32(37)29-23-7-5-6-8-24(23)31(36)35-12-11-22-18-27(38-3)28(39-4)19-25(22)30(29)35/h5-10,17-19,29-30H,11-16H2,1-4H3/t29-,30-/m1/s1. The van der Waals surface area contributed by atoms with Crippen molar-refractivity contribution in [1.29, 1.82) is 0 Å². The third-order valence-electron chi connectivity index (χ3n) is 8.59. The highest BCUT2D eigenvalue weighted by atomic mass is 16.5. The van der Waals surface area contributed by atoms with Gasteiger partial charge in [0.15, 0.2) is 11.5 Å². The van der Waals surface area contributed by atoms with Crippen LogP contribution in [0.15, 0.2) is 54.6 Å². The molecule has 0 N–H and O–H groups in total. The lowest BCUT2D eigenvalue weighted by molar-refractivity contribution is -0.135. The van der Waals surface area contributed by atoms with E-state index in [0.717, 1.165) is 29.8 Å². The molecule has 39 heavy (non-hydrogen) atoms. The molecule has 3 heterocycles. The number of fused-ring (bicyclic) bond motifs is 4. The number of amides is 2. The summed E-state index contributed by atoms with van der Waals surface area (Å²) in [5.41, 5.74) is 7.23. The average Bonchev–Trinajstić information content (AvgIpc) is 2.97. The van der Waals surface area contributed by atoms with E-state index in [1.807, 2.05) is 46.2 Å². The van der Waals surface area contributed by atoms with E-state index in [-0.39, 0.29) is 17.9 Å². The first kappa shape index (κ1) is 25.3. The van der Waals surface area contributed by atoms with Crippen LogP contribution in [0.1, 0.15) is 50.1 Å². The Hall–Kier alpha value is -4.00. The van der Waals surface area contributed by atoms with E-state index in [2.05, 4.69) is 36.9 Å². The van der Waals surface area contributed by atoms with Crippen molar-refractivity contribution in [2.75, 3.05) is 51.8 Å². The number of carbonyl (C=O) groups excluding carboxylic acids is 2. The van der Waals surface area contributed by atoms with Gasteiger partial charge in [-0.15, -0.1) is 0 Å². The molecule has 0 aliphatic carbocycles. The molecule has 1 fully saturated rings. The molecule has 0 aromatic heterocycles. The number of rotatable bonds is 4. The summed E-state index contributed by atoms with van der Waals surface area (Å²) in [4.78, 5) is 34.4. The Morgan fingerprint density at radius 2 is 1.56 bits per heavy atom. The molecule has 0 saturated carbocycles. The second-order valence-corrected chi connectivity index (χ2v) is 10.8. The predicted molar refractivity (Wildman–Crippen MR) is 151 cm³/mol. The van der Waals surface area contributed by atoms with Crippen LogP contribution in [-0.2, 0) is 11.2 Å². The van der Waals surface area contributed by atoms with E-state index in [0.29, 0.717) is 43.1 Å². The zero-order chi connectivity index (χ0) is 27.3. The number of ether oxygens (including phenoxy) is 2. The topological polar surface area (TPSA) is 62.3 Å². The summed E-state index contributed by atoms with van der Waals surface area (Å²) < 4.78 is 11.2. The zero-order valence-electron chi connectivity index (χ0n) is 23.1. The molecule has 7 heteroatoms. The van der Waals surface area contributed by atoms with Crippen LogP contribution in [0.5, 0.6) is 11.5 Å². The zero-order valence-corrected chi connectivity index (χ0v) is 23.1. The van der Waals surface area contributed by atoms with E-state index in [4.69, 9.17) is 9.47 Å². The van der Waals surface area contributed by atoms with Crippen molar-refractivity contribution >= 4 is 17.5 Å². The van der Waals surface area contributed by atoms with Crippen LogP contribution >= 0.6 is 0 Å². The number of aryl methyl sites for hydroxylation is 2. The molecule has 202 valence electrons. The maximum absolute atomic E-state index is 14.4. The fourth-order valence-electron chi connectivity index (χ4n) is 6.54. The second-order valence-electron chi connectivity index (χ2n) is 10.8. The number of benzene rings is 3. The summed E-state index contributed by atoms with van der Waals surface area (Å²) in [5.74, 6) is 0.853. The third kappa shape index (κ3) is 4.20. The lowest BCUT2D eigenvalue weighted by Gasteiger charge is -2.47. The van der Waals surface area contributed by atoms with E-state index in [9.17, 15) is 9.59 Å². The van der Waals surface area contributed by atoms with Gasteiger partial charge in [-0.2, -0.15) is 0 Å². The quantitative estimate of drug-likeness (QED) is 0.502. The summed E-state index contributed by atoms with van der Waals surface area (Å²) in [6.07, 6.45) is 0.704. The van der Waals surface area contributed by atoms with Gasteiger partial charge in [0.2, 0.25) is 5.91 Å². The first-order valence-corrected chi connectivity index (χ1v) is 13.7. The van der Waals surface area contributed by atoms with Crippen molar-refractivity contribution in [2.24, 2.45) is 0 Å². The van der Waals surface area contributed by atoms with E-state index < -0.39 is 5.92 Å². The molecule has 3 aromatic carbocycles. The Bertz CT molecular complexity index is 1440. The van der Waals surface area contributed by atoms with Crippen LogP contribution in [0.3, 0.4) is 0 Å². The summed E-state index contributed by atoms with van der Waals surface area (Å²) in [7, 11) is 3.24. The lowest BCUT2D eigenvalue weighted by atomic mass is 9.75. The van der Waals surface area contributed by atoms with Crippen molar-refractivity contribution < 1.29 is 19.1 Å². The number of anilines is 1. The summed E-state index contributed by atoms with van der Waals surface area (Å²) in [6.45, 7) is 7.65. The normalized spacial score (nSPS) is 20.2. The number of nitrogens with zero attached hydrogens (tertiary/aromatic N) is 3. The van der Waals surface area contributed by atoms with Crippen LogP contribution in [-0.4, -0.2) is 68.6 Å². The molecule has 2 atom stereocenters. The largest absolute Gasteiger partial charge is 0.493 e. The Labute approximate surface area is 229 Å². The first-order valence-electron chi connectivity index (χ1n) is 13.7. The first-order chi connectivity index (χ1) is 18.9. The molecule has 0 spiro atoms. The number of methoxy groups -OCH3 is 2. The summed E-state index contributed by atoms with van der Waals surface area (Å²) in [6, 6.07) is 17.7. The van der Waals surface area contributed by atoms with Gasteiger partial charge < -0.3 is 24.2 Å². The molecule has 3 aliphatic rings. The molecule has 7 nitrogen and oxygen atoms in total. The molecule has 1 saturated heterocycles. The molecular weight excluding hydrogens is 490 g/mol. The third-order valence-corrected chi connectivity index (χ3v) is 8.59. The van der Waals surface area contributed by atoms with Crippen LogP contribution in [0.25, 0.3) is 0 Å². The van der Waals surface area contributed by atoms with Crippen molar-refractivity contribution in [2.45, 2.75) is 32.2 Å². The smallest absolute Gasteiger partial charge is 0.254 e. The van der Waals surface area contributed by atoms with Gasteiger partial charge in [0.1, 0.15) is 0 Å². The van der Waals surface area contributed by atoms with Crippen molar-refractivity contribution in [1.82, 2.24) is 9.80 Å². The van der Waals surface area contributed by atoms with Gasteiger partial charge in [-0.1, -0.05) is 30.3 Å². The molecule has 0 unspecified atom stereocenters. The lowest BCUT2D eigenvalue weighted by Crippen LogP contribution is -2.54. The highest BCUT2D eigenvalue weighted by Crippen LogP contribution is 2.49. The van der Waals surface area contributed by atoms with E-state index in [1.165, 1.54) is 16.8 Å². The minimum atomic E-state index is -0.483. The molecule has 3 aliphatic heterocycles. The Morgan fingerprint density at radius 1 is 0.846 bits per heavy atom. The number of carbonyl (C=O) groups is 2. The highest BCUT2D eigenvalue weighted by Gasteiger charge is 2.48. The van der Waals surface area contributed by atoms with Gasteiger partial charge >= 0.3 is 0 Å².